The standard InChI is InChI=1S/C27H29N7OS/c1-35-14-11-29-26(18-31-28)22-6-5-21-9-13-33(19-23(21)16-22)27-30-17-25(36-27)15-20-3-7-24(8-4-20)34-12-2-10-32-34/h2-8,10,12,16-18,28-29H,9,11,13-15,19H2,1H3/b26-18-,31-28?. The maximum atomic E-state index is 7.28. The number of hydrogen-bond donors (Lipinski definition) is 2. The number of benzene rings is 2. The highest BCUT2D eigenvalue weighted by atomic mass is 32.1. The van der Waals surface area contributed by atoms with E-state index in [1.165, 1.54) is 21.6 Å². The Morgan fingerprint density at radius 2 is 2.11 bits per heavy atom. The van der Waals surface area contributed by atoms with Crippen molar-refractivity contribution in [2.45, 2.75) is 19.4 Å². The van der Waals surface area contributed by atoms with Gasteiger partial charge in [0.15, 0.2) is 5.13 Å². The van der Waals surface area contributed by atoms with E-state index in [0.717, 1.165) is 48.0 Å². The van der Waals surface area contributed by atoms with Crippen molar-refractivity contribution < 1.29 is 4.74 Å². The Morgan fingerprint density at radius 1 is 1.22 bits per heavy atom. The zero-order valence-corrected chi connectivity index (χ0v) is 21.0. The lowest BCUT2D eigenvalue weighted by Crippen LogP contribution is -2.30. The summed E-state index contributed by atoms with van der Waals surface area (Å²) in [4.78, 5) is 8.37. The van der Waals surface area contributed by atoms with E-state index in [1.54, 1.807) is 30.8 Å². The molecule has 0 amide bonds. The highest BCUT2D eigenvalue weighted by Crippen LogP contribution is 2.30. The van der Waals surface area contributed by atoms with Crippen molar-refractivity contribution in [3.8, 4) is 5.69 Å². The van der Waals surface area contributed by atoms with E-state index in [4.69, 9.17) is 15.3 Å². The summed E-state index contributed by atoms with van der Waals surface area (Å²) in [5, 5.41) is 12.2. The van der Waals surface area contributed by atoms with Gasteiger partial charge in [0.1, 0.15) is 0 Å². The quantitative estimate of drug-likeness (QED) is 0.235. The Morgan fingerprint density at radius 3 is 2.89 bits per heavy atom. The van der Waals surface area contributed by atoms with E-state index in [0.29, 0.717) is 13.2 Å². The van der Waals surface area contributed by atoms with Crippen molar-refractivity contribution in [1.29, 1.82) is 5.53 Å². The van der Waals surface area contributed by atoms with Crippen LogP contribution in [0.5, 0.6) is 0 Å². The largest absolute Gasteiger partial charge is 0.383 e. The second kappa shape index (κ2) is 11.3. The molecule has 36 heavy (non-hydrogen) atoms. The summed E-state index contributed by atoms with van der Waals surface area (Å²) in [6.07, 6.45) is 9.14. The fourth-order valence-electron chi connectivity index (χ4n) is 4.38. The molecular weight excluding hydrogens is 470 g/mol. The molecule has 0 saturated carbocycles. The average molecular weight is 500 g/mol. The fraction of sp³-hybridized carbons (Fsp3) is 0.259. The van der Waals surface area contributed by atoms with Crippen molar-refractivity contribution >= 4 is 22.2 Å². The van der Waals surface area contributed by atoms with Gasteiger partial charge in [-0.1, -0.05) is 24.3 Å². The molecule has 0 bridgehead atoms. The van der Waals surface area contributed by atoms with E-state index in [1.807, 2.05) is 23.1 Å². The first-order valence-corrected chi connectivity index (χ1v) is 12.8. The number of ether oxygens (including phenoxy) is 1. The van der Waals surface area contributed by atoms with Crippen molar-refractivity contribution in [2.24, 2.45) is 5.11 Å². The highest BCUT2D eigenvalue weighted by Gasteiger charge is 2.20. The summed E-state index contributed by atoms with van der Waals surface area (Å²) in [6.45, 7) is 3.02. The lowest BCUT2D eigenvalue weighted by Gasteiger charge is -2.29. The molecule has 0 fully saturated rings. The minimum atomic E-state index is 0.592. The van der Waals surface area contributed by atoms with Crippen LogP contribution in [-0.2, 0) is 24.1 Å². The topological polar surface area (TPSA) is 91.4 Å². The molecule has 3 heterocycles. The summed E-state index contributed by atoms with van der Waals surface area (Å²) in [7, 11) is 1.68. The van der Waals surface area contributed by atoms with Gasteiger partial charge < -0.3 is 15.0 Å². The first-order valence-electron chi connectivity index (χ1n) is 11.9. The Balaban J connectivity index is 1.26. The molecule has 1 aliphatic rings. The number of aromatic nitrogens is 3. The predicted molar refractivity (Wildman–Crippen MR) is 143 cm³/mol. The summed E-state index contributed by atoms with van der Waals surface area (Å²) in [6, 6.07) is 16.9. The van der Waals surface area contributed by atoms with Gasteiger partial charge in [-0.3, -0.25) is 0 Å². The van der Waals surface area contributed by atoms with E-state index < -0.39 is 0 Å². The van der Waals surface area contributed by atoms with Gasteiger partial charge in [-0.05, 0) is 52.9 Å². The van der Waals surface area contributed by atoms with Crippen LogP contribution < -0.4 is 10.2 Å². The van der Waals surface area contributed by atoms with Gasteiger partial charge in [-0.15, -0.1) is 11.3 Å². The molecule has 9 heteroatoms. The lowest BCUT2D eigenvalue weighted by molar-refractivity contribution is 0.203. The van der Waals surface area contributed by atoms with Gasteiger partial charge in [0.2, 0.25) is 0 Å². The molecule has 0 radical (unpaired) electrons. The molecule has 0 aliphatic carbocycles. The molecule has 1 aliphatic heterocycles. The monoisotopic (exact) mass is 499 g/mol. The Labute approximate surface area is 214 Å². The molecular formula is C27H29N7OS. The third-order valence-electron chi connectivity index (χ3n) is 6.24. The molecule has 0 unspecified atom stereocenters. The van der Waals surface area contributed by atoms with Crippen molar-refractivity contribution in [2.75, 3.05) is 31.7 Å². The maximum absolute atomic E-state index is 7.28. The van der Waals surface area contributed by atoms with Crippen LogP contribution in [0.25, 0.3) is 11.4 Å². The number of methoxy groups -OCH3 is 1. The first kappa shape index (κ1) is 23.9. The second-order valence-electron chi connectivity index (χ2n) is 8.65. The molecule has 2 aromatic carbocycles. The maximum Gasteiger partial charge on any atom is 0.185 e. The van der Waals surface area contributed by atoms with E-state index >= 15 is 0 Å². The van der Waals surface area contributed by atoms with E-state index in [2.05, 4.69) is 62.9 Å². The minimum absolute atomic E-state index is 0.592. The SMILES string of the molecule is COCCN/C(=C\N=N)c1ccc2c(c1)CN(c1ncc(Cc3ccc(-n4cccn4)cc3)s1)CC2. The van der Waals surface area contributed by atoms with Crippen LogP contribution in [0, 0.1) is 5.53 Å². The number of fused-ring (bicyclic) bond motifs is 1. The smallest absolute Gasteiger partial charge is 0.185 e. The molecule has 0 atom stereocenters. The molecule has 2 N–H and O–H groups in total. The third-order valence-corrected chi connectivity index (χ3v) is 7.30. The molecule has 0 spiro atoms. The van der Waals surface area contributed by atoms with Gasteiger partial charge in [0, 0.05) is 56.6 Å². The van der Waals surface area contributed by atoms with Crippen LogP contribution in [0.3, 0.4) is 0 Å². The third kappa shape index (κ3) is 5.53. The van der Waals surface area contributed by atoms with E-state index in [9.17, 15) is 0 Å². The second-order valence-corrected chi connectivity index (χ2v) is 9.74. The summed E-state index contributed by atoms with van der Waals surface area (Å²) < 4.78 is 7.00. The number of rotatable bonds is 10. The van der Waals surface area contributed by atoms with Gasteiger partial charge >= 0.3 is 0 Å². The predicted octanol–water partition coefficient (Wildman–Crippen LogP) is 5.05. The van der Waals surface area contributed by atoms with Crippen molar-refractivity contribution in [3.05, 3.63) is 100 Å². The molecule has 8 nitrogen and oxygen atoms in total. The summed E-state index contributed by atoms with van der Waals surface area (Å²) in [5.74, 6) is 0. The van der Waals surface area contributed by atoms with Crippen molar-refractivity contribution in [3.63, 3.8) is 0 Å². The normalized spacial score (nSPS) is 13.5. The van der Waals surface area contributed by atoms with Crippen LogP contribution in [0.1, 0.15) is 27.1 Å². The highest BCUT2D eigenvalue weighted by molar-refractivity contribution is 7.15. The number of nitrogens with one attached hydrogen (secondary N) is 2. The van der Waals surface area contributed by atoms with Crippen LogP contribution in [-0.4, -0.2) is 41.6 Å². The van der Waals surface area contributed by atoms with Gasteiger partial charge in [0.05, 0.1) is 24.2 Å². The van der Waals surface area contributed by atoms with E-state index in [-0.39, 0.29) is 0 Å². The van der Waals surface area contributed by atoms with Crippen LogP contribution in [0.15, 0.2) is 78.4 Å². The van der Waals surface area contributed by atoms with Crippen LogP contribution in [0.4, 0.5) is 5.13 Å². The Bertz CT molecular complexity index is 1330. The summed E-state index contributed by atoms with van der Waals surface area (Å²) in [5.41, 5.74) is 14.1. The van der Waals surface area contributed by atoms with Gasteiger partial charge in [0.25, 0.3) is 0 Å². The number of thiazole rings is 1. The zero-order valence-electron chi connectivity index (χ0n) is 20.2. The molecule has 0 saturated heterocycles. The number of anilines is 1. The minimum Gasteiger partial charge on any atom is -0.383 e. The Kier molecular flexibility index (Phi) is 7.49. The molecule has 184 valence electrons. The molecule has 4 aromatic rings. The first-order chi connectivity index (χ1) is 17.7. The Hall–Kier alpha value is -3.82. The lowest BCUT2D eigenvalue weighted by atomic mass is 9.96. The fourth-order valence-corrected chi connectivity index (χ4v) is 5.35. The van der Waals surface area contributed by atoms with Crippen LogP contribution >= 0.6 is 11.3 Å². The van der Waals surface area contributed by atoms with Crippen molar-refractivity contribution in [1.82, 2.24) is 20.1 Å². The molecule has 5 rings (SSSR count). The molecule has 2 aromatic heterocycles. The van der Waals surface area contributed by atoms with Crippen LogP contribution in [0.2, 0.25) is 0 Å². The average Bonchev–Trinajstić information content (AvgIpc) is 3.61. The summed E-state index contributed by atoms with van der Waals surface area (Å²) >= 11 is 1.76. The number of nitrogens with zero attached hydrogens (tertiary/aromatic N) is 5. The van der Waals surface area contributed by atoms with Gasteiger partial charge in [-0.25, -0.2) is 15.2 Å². The van der Waals surface area contributed by atoms with Gasteiger partial charge in [-0.2, -0.15) is 10.2 Å². The zero-order chi connectivity index (χ0) is 24.7. The number of hydrogen-bond acceptors (Lipinski definition) is 8.